The molecule has 20 heavy (non-hydrogen) atoms. The minimum atomic E-state index is -0.761. The number of rotatable bonds is 5. The van der Waals surface area contributed by atoms with Crippen molar-refractivity contribution >= 4 is 11.8 Å². The van der Waals surface area contributed by atoms with Crippen molar-refractivity contribution < 1.29 is 9.59 Å². The molecular weight excluding hydrogens is 256 g/mol. The fourth-order valence-corrected chi connectivity index (χ4v) is 2.43. The molecule has 1 aliphatic rings. The normalized spacial score (nSPS) is 23.6. The van der Waals surface area contributed by atoms with E-state index in [1.54, 1.807) is 24.3 Å². The molecule has 0 bridgehead atoms. The van der Waals surface area contributed by atoms with E-state index in [4.69, 9.17) is 0 Å². The molecule has 6 heteroatoms. The number of aryl methyl sites for hydroxylation is 1. The van der Waals surface area contributed by atoms with E-state index in [-0.39, 0.29) is 11.8 Å². The first kappa shape index (κ1) is 14.6. The lowest BCUT2D eigenvalue weighted by Gasteiger charge is -2.31. The molecule has 1 N–H and O–H groups in total. The van der Waals surface area contributed by atoms with Crippen LogP contribution in [0.1, 0.15) is 33.1 Å². The summed E-state index contributed by atoms with van der Waals surface area (Å²) in [6, 6.07) is 0. The van der Waals surface area contributed by atoms with Gasteiger partial charge in [0, 0.05) is 38.4 Å². The molecule has 2 rings (SSSR count). The molecule has 2 amide bonds. The smallest absolute Gasteiger partial charge is 0.248 e. The molecule has 110 valence electrons. The minimum Gasteiger partial charge on any atom is -0.342 e. The van der Waals surface area contributed by atoms with Gasteiger partial charge in [-0.05, 0) is 19.8 Å². The van der Waals surface area contributed by atoms with Gasteiger partial charge in [-0.3, -0.25) is 9.59 Å². The van der Waals surface area contributed by atoms with Gasteiger partial charge >= 0.3 is 0 Å². The van der Waals surface area contributed by atoms with Gasteiger partial charge in [0.05, 0.1) is 6.33 Å². The first-order valence-electron chi connectivity index (χ1n) is 7.11. The van der Waals surface area contributed by atoms with Gasteiger partial charge in [0.1, 0.15) is 5.54 Å². The summed E-state index contributed by atoms with van der Waals surface area (Å²) in [5.41, 5.74) is -0.761. The molecule has 0 aliphatic carbocycles. The maximum absolute atomic E-state index is 12.5. The molecule has 0 saturated carbocycles. The van der Waals surface area contributed by atoms with Crippen LogP contribution >= 0.6 is 0 Å². The predicted molar refractivity (Wildman–Crippen MR) is 74.9 cm³/mol. The number of hydrogen-bond donors (Lipinski definition) is 1. The average Bonchev–Trinajstić information content (AvgIpc) is 2.91. The molecule has 1 aromatic heterocycles. The zero-order valence-electron chi connectivity index (χ0n) is 12.1. The van der Waals surface area contributed by atoms with E-state index in [1.807, 2.05) is 17.7 Å². The highest BCUT2D eigenvalue weighted by Crippen LogP contribution is 2.17. The Morgan fingerprint density at radius 3 is 2.85 bits per heavy atom. The standard InChI is InChI=1S/C14H22N4O2/c1-3-14(2)13(20)18(9-5-12(19)16-14)8-4-7-17-10-6-15-11-17/h6,10-11H,3-5,7-9H2,1-2H3,(H,16,19). The van der Waals surface area contributed by atoms with Gasteiger partial charge in [0.15, 0.2) is 0 Å². The quantitative estimate of drug-likeness (QED) is 0.866. The highest BCUT2D eigenvalue weighted by molar-refractivity contribution is 5.93. The lowest BCUT2D eigenvalue weighted by atomic mass is 9.97. The van der Waals surface area contributed by atoms with Crippen molar-refractivity contribution in [2.24, 2.45) is 0 Å². The molecular formula is C14H22N4O2. The highest BCUT2D eigenvalue weighted by atomic mass is 16.2. The van der Waals surface area contributed by atoms with Gasteiger partial charge in [-0.2, -0.15) is 0 Å². The van der Waals surface area contributed by atoms with Crippen LogP contribution in [0.2, 0.25) is 0 Å². The van der Waals surface area contributed by atoms with E-state index in [0.717, 1.165) is 13.0 Å². The third kappa shape index (κ3) is 3.18. The van der Waals surface area contributed by atoms with Crippen molar-refractivity contribution in [1.29, 1.82) is 0 Å². The summed E-state index contributed by atoms with van der Waals surface area (Å²) >= 11 is 0. The summed E-state index contributed by atoms with van der Waals surface area (Å²) in [7, 11) is 0. The Balaban J connectivity index is 1.95. The van der Waals surface area contributed by atoms with Crippen LogP contribution in [-0.4, -0.2) is 44.9 Å². The molecule has 0 radical (unpaired) electrons. The van der Waals surface area contributed by atoms with Gasteiger partial charge in [0.25, 0.3) is 0 Å². The number of imidazole rings is 1. The van der Waals surface area contributed by atoms with Gasteiger partial charge in [-0.15, -0.1) is 0 Å². The summed E-state index contributed by atoms with van der Waals surface area (Å²) in [5.74, 6) is -0.0173. The monoisotopic (exact) mass is 278 g/mol. The molecule has 0 spiro atoms. The Morgan fingerprint density at radius 1 is 1.40 bits per heavy atom. The predicted octanol–water partition coefficient (Wildman–Crippen LogP) is 0.790. The molecule has 1 saturated heterocycles. The van der Waals surface area contributed by atoms with Crippen molar-refractivity contribution in [2.45, 2.75) is 45.2 Å². The Labute approximate surface area is 119 Å². The van der Waals surface area contributed by atoms with Gasteiger partial charge in [0.2, 0.25) is 11.8 Å². The molecule has 0 aromatic carbocycles. The number of hydrogen-bond acceptors (Lipinski definition) is 3. The van der Waals surface area contributed by atoms with Crippen LogP contribution in [-0.2, 0) is 16.1 Å². The van der Waals surface area contributed by atoms with Gasteiger partial charge in [-0.1, -0.05) is 6.92 Å². The highest BCUT2D eigenvalue weighted by Gasteiger charge is 2.38. The Hall–Kier alpha value is -1.85. The summed E-state index contributed by atoms with van der Waals surface area (Å²) in [6.07, 6.45) is 7.27. The third-order valence-corrected chi connectivity index (χ3v) is 3.89. The molecule has 2 heterocycles. The molecule has 1 atom stereocenters. The lowest BCUT2D eigenvalue weighted by Crippen LogP contribution is -2.54. The van der Waals surface area contributed by atoms with E-state index in [1.165, 1.54) is 0 Å². The van der Waals surface area contributed by atoms with Crippen LogP contribution in [0.15, 0.2) is 18.7 Å². The fourth-order valence-electron chi connectivity index (χ4n) is 2.43. The topological polar surface area (TPSA) is 67.2 Å². The summed E-state index contributed by atoms with van der Waals surface area (Å²) < 4.78 is 1.99. The Kier molecular flexibility index (Phi) is 4.42. The zero-order valence-corrected chi connectivity index (χ0v) is 12.1. The second kappa shape index (κ2) is 6.07. The van der Waals surface area contributed by atoms with Crippen LogP contribution in [0.3, 0.4) is 0 Å². The lowest BCUT2D eigenvalue weighted by molar-refractivity contribution is -0.138. The number of aromatic nitrogens is 2. The van der Waals surface area contributed by atoms with Gasteiger partial charge < -0.3 is 14.8 Å². The number of carbonyl (C=O) groups excluding carboxylic acids is 2. The summed E-state index contributed by atoms with van der Waals surface area (Å²) in [4.78, 5) is 30.0. The summed E-state index contributed by atoms with van der Waals surface area (Å²) in [6.45, 7) is 5.73. The maximum Gasteiger partial charge on any atom is 0.248 e. The summed E-state index contributed by atoms with van der Waals surface area (Å²) in [5, 5.41) is 2.84. The van der Waals surface area contributed by atoms with Crippen molar-refractivity contribution in [3.05, 3.63) is 18.7 Å². The van der Waals surface area contributed by atoms with E-state index in [9.17, 15) is 9.59 Å². The van der Waals surface area contributed by atoms with Crippen LogP contribution in [0.25, 0.3) is 0 Å². The number of amides is 2. The molecule has 6 nitrogen and oxygen atoms in total. The molecule has 1 aromatic rings. The van der Waals surface area contributed by atoms with E-state index < -0.39 is 5.54 Å². The van der Waals surface area contributed by atoms with Crippen LogP contribution in [0.5, 0.6) is 0 Å². The van der Waals surface area contributed by atoms with Crippen molar-refractivity contribution in [3.63, 3.8) is 0 Å². The van der Waals surface area contributed by atoms with E-state index >= 15 is 0 Å². The Morgan fingerprint density at radius 2 is 2.20 bits per heavy atom. The second-order valence-corrected chi connectivity index (χ2v) is 5.43. The maximum atomic E-state index is 12.5. The number of nitrogens with zero attached hydrogens (tertiary/aromatic N) is 3. The first-order valence-corrected chi connectivity index (χ1v) is 7.11. The molecule has 1 fully saturated rings. The molecule has 1 aliphatic heterocycles. The van der Waals surface area contributed by atoms with Crippen LogP contribution < -0.4 is 5.32 Å². The van der Waals surface area contributed by atoms with Crippen molar-refractivity contribution in [3.8, 4) is 0 Å². The zero-order chi connectivity index (χ0) is 14.6. The Bertz CT molecular complexity index is 472. The van der Waals surface area contributed by atoms with Crippen LogP contribution in [0, 0.1) is 0 Å². The van der Waals surface area contributed by atoms with E-state index in [2.05, 4.69) is 10.3 Å². The number of carbonyl (C=O) groups is 2. The first-order chi connectivity index (χ1) is 9.55. The number of nitrogens with one attached hydrogen (secondary N) is 1. The average molecular weight is 278 g/mol. The third-order valence-electron chi connectivity index (χ3n) is 3.89. The van der Waals surface area contributed by atoms with Crippen molar-refractivity contribution in [1.82, 2.24) is 19.8 Å². The SMILES string of the molecule is CCC1(C)NC(=O)CCN(CCCn2ccnc2)C1=O. The van der Waals surface area contributed by atoms with E-state index in [0.29, 0.717) is 25.9 Å². The van der Waals surface area contributed by atoms with Crippen LogP contribution in [0.4, 0.5) is 0 Å². The molecule has 1 unspecified atom stereocenters. The minimum absolute atomic E-state index is 0.0245. The van der Waals surface area contributed by atoms with Crippen molar-refractivity contribution in [2.75, 3.05) is 13.1 Å². The largest absolute Gasteiger partial charge is 0.342 e. The second-order valence-electron chi connectivity index (χ2n) is 5.43. The van der Waals surface area contributed by atoms with Gasteiger partial charge in [-0.25, -0.2) is 4.98 Å². The fraction of sp³-hybridized carbons (Fsp3) is 0.643.